The van der Waals surface area contributed by atoms with Crippen molar-refractivity contribution in [2.75, 3.05) is 7.11 Å². The van der Waals surface area contributed by atoms with Crippen LogP contribution in [0.5, 0.6) is 0 Å². The number of carbonyl (C=O) groups excluding carboxylic acids is 3. The molecule has 2 aliphatic carbocycles. The first-order chi connectivity index (χ1) is 12.9. The van der Waals surface area contributed by atoms with Gasteiger partial charge in [0.25, 0.3) is 0 Å². The molecular formula is C19H18O8. The molecular weight excluding hydrogens is 356 g/mol. The maximum absolute atomic E-state index is 11.5. The van der Waals surface area contributed by atoms with Crippen LogP contribution in [0.1, 0.15) is 78.6 Å². The topological polar surface area (TPSA) is 124 Å². The molecule has 0 bridgehead atoms. The van der Waals surface area contributed by atoms with Gasteiger partial charge in [0, 0.05) is 25.7 Å². The molecule has 0 atom stereocenters. The maximum Gasteiger partial charge on any atom is 0.341 e. The number of ketones is 2. The summed E-state index contributed by atoms with van der Waals surface area (Å²) in [5, 5.41) is 8.74. The highest BCUT2D eigenvalue weighted by atomic mass is 16.5. The van der Waals surface area contributed by atoms with Gasteiger partial charge in [0.15, 0.2) is 11.6 Å². The Kier molecular flexibility index (Phi) is 5.25. The summed E-state index contributed by atoms with van der Waals surface area (Å²) in [5.74, 6) is -0.617. The lowest BCUT2D eigenvalue weighted by Gasteiger charge is -2.08. The lowest BCUT2D eigenvalue weighted by molar-refractivity contribution is 0.0595. The largest absolute Gasteiger partial charge is 0.478 e. The zero-order chi connectivity index (χ0) is 19.6. The summed E-state index contributed by atoms with van der Waals surface area (Å²) in [7, 11) is 1.29. The van der Waals surface area contributed by atoms with Gasteiger partial charge in [-0.3, -0.25) is 9.59 Å². The summed E-state index contributed by atoms with van der Waals surface area (Å²) in [6.45, 7) is 0. The van der Waals surface area contributed by atoms with Crippen LogP contribution in [0.15, 0.2) is 21.4 Å². The average molecular weight is 374 g/mol. The number of carbonyl (C=O) groups is 4. The molecule has 0 saturated carbocycles. The van der Waals surface area contributed by atoms with Crippen LogP contribution in [0.25, 0.3) is 0 Å². The van der Waals surface area contributed by atoms with E-state index in [1.165, 1.54) is 13.4 Å². The third kappa shape index (κ3) is 3.55. The van der Waals surface area contributed by atoms with Crippen LogP contribution in [0, 0.1) is 0 Å². The van der Waals surface area contributed by atoms with E-state index in [1.807, 2.05) is 0 Å². The number of ether oxygens (including phenoxy) is 1. The standard InChI is InChI=1S/C10H10O4.C9H8O4/c1-13-10(12)6-5-14-8-4-2-3-7(11)9(6)8;10-6-2-1-3-7-8(6)5(4-13-7)9(11)12/h5H,2-4H2,1H3;4H,1-3H2,(H,11,12). The second kappa shape index (κ2) is 7.61. The third-order valence-electron chi connectivity index (χ3n) is 4.54. The first kappa shape index (κ1) is 18.6. The lowest BCUT2D eigenvalue weighted by Crippen LogP contribution is -2.13. The molecule has 8 nitrogen and oxygen atoms in total. The van der Waals surface area contributed by atoms with E-state index in [0.29, 0.717) is 36.3 Å². The van der Waals surface area contributed by atoms with E-state index in [1.54, 1.807) is 0 Å². The van der Waals surface area contributed by atoms with Crippen molar-refractivity contribution in [3.8, 4) is 0 Å². The molecule has 4 rings (SSSR count). The minimum absolute atomic E-state index is 0.000278. The van der Waals surface area contributed by atoms with Crippen LogP contribution in [0.4, 0.5) is 0 Å². The van der Waals surface area contributed by atoms with E-state index >= 15 is 0 Å². The van der Waals surface area contributed by atoms with Gasteiger partial charge in [0.1, 0.15) is 35.2 Å². The summed E-state index contributed by atoms with van der Waals surface area (Å²) in [4.78, 5) is 44.8. The van der Waals surface area contributed by atoms with Gasteiger partial charge >= 0.3 is 11.9 Å². The van der Waals surface area contributed by atoms with E-state index in [9.17, 15) is 19.2 Å². The highest BCUT2D eigenvalue weighted by Crippen LogP contribution is 2.27. The monoisotopic (exact) mass is 374 g/mol. The molecule has 27 heavy (non-hydrogen) atoms. The molecule has 2 aromatic rings. The highest BCUT2D eigenvalue weighted by Gasteiger charge is 2.28. The van der Waals surface area contributed by atoms with Crippen molar-refractivity contribution in [1.82, 2.24) is 0 Å². The van der Waals surface area contributed by atoms with Crippen LogP contribution in [-0.2, 0) is 17.6 Å². The Balaban J connectivity index is 0.000000156. The number of aryl methyl sites for hydroxylation is 2. The van der Waals surface area contributed by atoms with Gasteiger partial charge in [0.05, 0.1) is 18.2 Å². The number of fused-ring (bicyclic) bond motifs is 2. The Bertz CT molecular complexity index is 914. The first-order valence-electron chi connectivity index (χ1n) is 8.52. The van der Waals surface area contributed by atoms with Gasteiger partial charge in [0.2, 0.25) is 0 Å². The van der Waals surface area contributed by atoms with Gasteiger partial charge in [-0.15, -0.1) is 0 Å². The van der Waals surface area contributed by atoms with E-state index in [-0.39, 0.29) is 28.3 Å². The maximum atomic E-state index is 11.5. The summed E-state index contributed by atoms with van der Waals surface area (Å²) in [6, 6.07) is 0. The number of hydrogen-bond donors (Lipinski definition) is 1. The number of methoxy groups -OCH3 is 1. The second-order valence-corrected chi connectivity index (χ2v) is 6.25. The molecule has 1 N–H and O–H groups in total. The zero-order valence-corrected chi connectivity index (χ0v) is 14.7. The Morgan fingerprint density at radius 3 is 1.85 bits per heavy atom. The first-order valence-corrected chi connectivity index (χ1v) is 8.52. The Morgan fingerprint density at radius 2 is 1.37 bits per heavy atom. The predicted molar refractivity (Wildman–Crippen MR) is 90.3 cm³/mol. The number of carboxylic acid groups (broad SMARTS) is 1. The summed E-state index contributed by atoms with van der Waals surface area (Å²) in [6.07, 6.45) is 6.28. The molecule has 2 heterocycles. The van der Waals surface area contributed by atoms with E-state index in [0.717, 1.165) is 25.5 Å². The Morgan fingerprint density at radius 1 is 0.889 bits per heavy atom. The summed E-state index contributed by atoms with van der Waals surface area (Å²) < 4.78 is 14.7. The number of aromatic carboxylic acids is 1. The predicted octanol–water partition coefficient (Wildman–Crippen LogP) is 3.08. The van der Waals surface area contributed by atoms with Gasteiger partial charge in [-0.1, -0.05) is 0 Å². The van der Waals surface area contributed by atoms with Crippen LogP contribution in [-0.4, -0.2) is 35.7 Å². The van der Waals surface area contributed by atoms with Crippen molar-refractivity contribution >= 4 is 23.5 Å². The van der Waals surface area contributed by atoms with Crippen LogP contribution in [0.3, 0.4) is 0 Å². The molecule has 2 aromatic heterocycles. The normalized spacial score (nSPS) is 15.3. The molecule has 142 valence electrons. The van der Waals surface area contributed by atoms with Crippen LogP contribution < -0.4 is 0 Å². The number of carboxylic acids is 1. The van der Waals surface area contributed by atoms with E-state index < -0.39 is 11.9 Å². The Hall–Kier alpha value is -3.16. The number of furan rings is 2. The fourth-order valence-corrected chi connectivity index (χ4v) is 3.26. The van der Waals surface area contributed by atoms with Crippen molar-refractivity contribution < 1.29 is 37.9 Å². The molecule has 0 saturated heterocycles. The lowest BCUT2D eigenvalue weighted by atomic mass is 9.94. The van der Waals surface area contributed by atoms with Crippen molar-refractivity contribution in [2.24, 2.45) is 0 Å². The molecule has 0 spiro atoms. The number of esters is 1. The molecule has 2 aliphatic rings. The molecule has 0 amide bonds. The van der Waals surface area contributed by atoms with Crippen molar-refractivity contribution in [3.63, 3.8) is 0 Å². The van der Waals surface area contributed by atoms with Crippen molar-refractivity contribution in [3.05, 3.63) is 46.3 Å². The molecule has 0 aromatic carbocycles. The molecule has 0 aliphatic heterocycles. The SMILES string of the molecule is COC(=O)c1coc2c1C(=O)CCC2.O=C(O)c1coc2c1C(=O)CCC2. The van der Waals surface area contributed by atoms with E-state index in [2.05, 4.69) is 4.74 Å². The number of Topliss-reactive ketones (excluding diaryl/α,β-unsaturated/α-hetero) is 2. The smallest absolute Gasteiger partial charge is 0.341 e. The van der Waals surface area contributed by atoms with Crippen LogP contribution >= 0.6 is 0 Å². The fourth-order valence-electron chi connectivity index (χ4n) is 3.26. The van der Waals surface area contributed by atoms with Crippen molar-refractivity contribution in [1.29, 1.82) is 0 Å². The van der Waals surface area contributed by atoms with Gasteiger partial charge in [-0.05, 0) is 12.8 Å². The van der Waals surface area contributed by atoms with Crippen molar-refractivity contribution in [2.45, 2.75) is 38.5 Å². The minimum Gasteiger partial charge on any atom is -0.478 e. The molecule has 0 fully saturated rings. The van der Waals surface area contributed by atoms with Crippen LogP contribution in [0.2, 0.25) is 0 Å². The number of hydrogen-bond acceptors (Lipinski definition) is 7. The second-order valence-electron chi connectivity index (χ2n) is 6.25. The average Bonchev–Trinajstić information content (AvgIpc) is 3.27. The fraction of sp³-hybridized carbons (Fsp3) is 0.368. The number of rotatable bonds is 2. The zero-order valence-electron chi connectivity index (χ0n) is 14.7. The molecule has 8 heteroatoms. The highest BCUT2D eigenvalue weighted by molar-refractivity contribution is 6.08. The summed E-state index contributed by atoms with van der Waals surface area (Å²) >= 11 is 0. The molecule has 0 unspecified atom stereocenters. The van der Waals surface area contributed by atoms with Gasteiger partial charge < -0.3 is 18.7 Å². The quantitative estimate of drug-likeness (QED) is 0.795. The van der Waals surface area contributed by atoms with Gasteiger partial charge in [-0.25, -0.2) is 9.59 Å². The van der Waals surface area contributed by atoms with Gasteiger partial charge in [-0.2, -0.15) is 0 Å². The molecule has 0 radical (unpaired) electrons. The van der Waals surface area contributed by atoms with E-state index in [4.69, 9.17) is 13.9 Å². The minimum atomic E-state index is -1.10. The Labute approximate surface area is 154 Å². The summed E-state index contributed by atoms with van der Waals surface area (Å²) in [5.41, 5.74) is 0.953. The third-order valence-corrected chi connectivity index (χ3v) is 4.54.